The quantitative estimate of drug-likeness (QED) is 0.588. The van der Waals surface area contributed by atoms with E-state index in [0.717, 1.165) is 11.3 Å². The Morgan fingerprint density at radius 3 is 2.65 bits per heavy atom. The SMILES string of the molecule is COc1ccc(CC(=O)NCCOc2cccc(C)c2)cc1S(=O)(=O)N1CCOCC1. The van der Waals surface area contributed by atoms with Gasteiger partial charge >= 0.3 is 0 Å². The van der Waals surface area contributed by atoms with Crippen molar-refractivity contribution in [2.24, 2.45) is 0 Å². The van der Waals surface area contributed by atoms with Crippen LogP contribution in [-0.4, -0.2) is 65.2 Å². The van der Waals surface area contributed by atoms with Crippen molar-refractivity contribution in [1.29, 1.82) is 0 Å². The van der Waals surface area contributed by atoms with Crippen LogP contribution in [0.1, 0.15) is 11.1 Å². The third-order valence-corrected chi connectivity index (χ3v) is 6.78. The first-order valence-electron chi connectivity index (χ1n) is 10.1. The summed E-state index contributed by atoms with van der Waals surface area (Å²) in [5.41, 5.74) is 1.69. The zero-order valence-corrected chi connectivity index (χ0v) is 18.6. The average molecular weight is 449 g/mol. The van der Waals surface area contributed by atoms with Crippen molar-refractivity contribution in [2.45, 2.75) is 18.2 Å². The number of hydrogen-bond donors (Lipinski definition) is 1. The third kappa shape index (κ3) is 6.19. The van der Waals surface area contributed by atoms with E-state index < -0.39 is 10.0 Å². The topological polar surface area (TPSA) is 94.2 Å². The second-order valence-corrected chi connectivity index (χ2v) is 9.10. The molecule has 2 aromatic rings. The minimum atomic E-state index is -3.74. The Bertz CT molecular complexity index is 1000. The standard InChI is InChI=1S/C22H28N2O6S/c1-17-4-3-5-19(14-17)30-11-8-23-22(25)16-18-6-7-20(28-2)21(15-18)31(26,27)24-9-12-29-13-10-24/h3-7,14-15H,8-13,16H2,1-2H3,(H,23,25). The molecule has 31 heavy (non-hydrogen) atoms. The van der Waals surface area contributed by atoms with Gasteiger partial charge in [0.15, 0.2) is 0 Å². The molecule has 0 aliphatic carbocycles. The zero-order valence-electron chi connectivity index (χ0n) is 17.8. The molecule has 0 spiro atoms. The predicted molar refractivity (Wildman–Crippen MR) is 116 cm³/mol. The molecule has 2 aromatic carbocycles. The highest BCUT2D eigenvalue weighted by Gasteiger charge is 2.29. The molecule has 1 aliphatic rings. The number of methoxy groups -OCH3 is 1. The summed E-state index contributed by atoms with van der Waals surface area (Å²) in [5, 5.41) is 2.79. The lowest BCUT2D eigenvalue weighted by atomic mass is 10.1. The normalized spacial score (nSPS) is 14.8. The highest BCUT2D eigenvalue weighted by atomic mass is 32.2. The van der Waals surface area contributed by atoms with E-state index in [2.05, 4.69) is 5.32 Å². The molecule has 1 N–H and O–H groups in total. The van der Waals surface area contributed by atoms with Gasteiger partial charge in [-0.15, -0.1) is 0 Å². The molecule has 0 bridgehead atoms. The molecule has 0 unspecified atom stereocenters. The van der Waals surface area contributed by atoms with Crippen molar-refractivity contribution < 1.29 is 27.4 Å². The summed E-state index contributed by atoms with van der Waals surface area (Å²) < 4.78 is 43.6. The molecule has 1 fully saturated rings. The fourth-order valence-corrected chi connectivity index (χ4v) is 4.88. The largest absolute Gasteiger partial charge is 0.495 e. The molecule has 0 aromatic heterocycles. The van der Waals surface area contributed by atoms with Gasteiger partial charge in [-0.1, -0.05) is 18.2 Å². The lowest BCUT2D eigenvalue weighted by Crippen LogP contribution is -2.40. The van der Waals surface area contributed by atoms with Crippen molar-refractivity contribution in [3.05, 3.63) is 53.6 Å². The lowest BCUT2D eigenvalue weighted by molar-refractivity contribution is -0.120. The van der Waals surface area contributed by atoms with Crippen LogP contribution in [-0.2, 0) is 26.0 Å². The number of ether oxygens (including phenoxy) is 3. The first-order chi connectivity index (χ1) is 14.9. The number of aryl methyl sites for hydroxylation is 1. The van der Waals surface area contributed by atoms with Crippen molar-refractivity contribution in [2.75, 3.05) is 46.6 Å². The fraction of sp³-hybridized carbons (Fsp3) is 0.409. The molecule has 9 heteroatoms. The van der Waals surface area contributed by atoms with Gasteiger partial charge in [0, 0.05) is 13.1 Å². The molecule has 1 saturated heterocycles. The molecule has 168 valence electrons. The number of nitrogens with zero attached hydrogens (tertiary/aromatic N) is 1. The van der Waals surface area contributed by atoms with Gasteiger partial charge in [-0.25, -0.2) is 8.42 Å². The number of carbonyl (C=O) groups excluding carboxylic acids is 1. The summed E-state index contributed by atoms with van der Waals surface area (Å²) in [6.07, 6.45) is 0.0556. The van der Waals surface area contributed by atoms with Crippen molar-refractivity contribution >= 4 is 15.9 Å². The second kappa shape index (κ2) is 10.6. The van der Waals surface area contributed by atoms with Crippen LogP contribution in [0.5, 0.6) is 11.5 Å². The van der Waals surface area contributed by atoms with Crippen LogP contribution in [0.15, 0.2) is 47.4 Å². The summed E-state index contributed by atoms with van der Waals surface area (Å²) >= 11 is 0. The molecule has 1 aliphatic heterocycles. The summed E-state index contributed by atoms with van der Waals surface area (Å²) in [6, 6.07) is 12.5. The molecule has 0 saturated carbocycles. The van der Waals surface area contributed by atoms with Gasteiger partial charge in [0.05, 0.1) is 33.3 Å². The van der Waals surface area contributed by atoms with Crippen LogP contribution in [0.2, 0.25) is 0 Å². The molecule has 3 rings (SSSR count). The van der Waals surface area contributed by atoms with E-state index in [1.165, 1.54) is 17.5 Å². The van der Waals surface area contributed by atoms with Crippen LogP contribution in [0.25, 0.3) is 0 Å². The Labute approximate surface area is 183 Å². The minimum Gasteiger partial charge on any atom is -0.495 e. The minimum absolute atomic E-state index is 0.0556. The van der Waals surface area contributed by atoms with Gasteiger partial charge in [0.2, 0.25) is 15.9 Å². The van der Waals surface area contributed by atoms with Crippen LogP contribution in [0, 0.1) is 6.92 Å². The van der Waals surface area contributed by atoms with E-state index in [0.29, 0.717) is 31.9 Å². The molecule has 1 amide bonds. The monoisotopic (exact) mass is 448 g/mol. The second-order valence-electron chi connectivity index (χ2n) is 7.19. The van der Waals surface area contributed by atoms with Crippen molar-refractivity contribution in [3.8, 4) is 11.5 Å². The molecule has 0 atom stereocenters. The van der Waals surface area contributed by atoms with Gasteiger partial charge in [-0.05, 0) is 42.3 Å². The molecular formula is C22H28N2O6S. The Balaban J connectivity index is 1.59. The number of morpholine rings is 1. The highest BCUT2D eigenvalue weighted by molar-refractivity contribution is 7.89. The summed E-state index contributed by atoms with van der Waals surface area (Å²) in [7, 11) is -2.32. The van der Waals surface area contributed by atoms with E-state index >= 15 is 0 Å². The zero-order chi connectivity index (χ0) is 22.3. The first kappa shape index (κ1) is 23.1. The summed E-state index contributed by atoms with van der Waals surface area (Å²) in [4.78, 5) is 12.4. The molecular weight excluding hydrogens is 420 g/mol. The highest BCUT2D eigenvalue weighted by Crippen LogP contribution is 2.28. The van der Waals surface area contributed by atoms with Gasteiger partial charge in [-0.2, -0.15) is 4.31 Å². The number of sulfonamides is 1. The van der Waals surface area contributed by atoms with Gasteiger partial charge in [-0.3, -0.25) is 4.79 Å². The Morgan fingerprint density at radius 1 is 1.16 bits per heavy atom. The first-order valence-corrected chi connectivity index (χ1v) is 11.5. The summed E-state index contributed by atoms with van der Waals surface area (Å²) in [5.74, 6) is 0.789. The number of benzene rings is 2. The third-order valence-electron chi connectivity index (χ3n) is 4.86. The van der Waals surface area contributed by atoms with Gasteiger partial charge < -0.3 is 19.5 Å². The smallest absolute Gasteiger partial charge is 0.246 e. The van der Waals surface area contributed by atoms with Gasteiger partial charge in [0.25, 0.3) is 0 Å². The van der Waals surface area contributed by atoms with E-state index in [-0.39, 0.29) is 36.1 Å². The van der Waals surface area contributed by atoms with E-state index in [1.807, 2.05) is 31.2 Å². The van der Waals surface area contributed by atoms with Crippen LogP contribution in [0.3, 0.4) is 0 Å². The van der Waals surface area contributed by atoms with E-state index in [1.54, 1.807) is 12.1 Å². The van der Waals surface area contributed by atoms with Crippen LogP contribution in [0.4, 0.5) is 0 Å². The molecule has 8 nitrogen and oxygen atoms in total. The van der Waals surface area contributed by atoms with Crippen molar-refractivity contribution in [1.82, 2.24) is 9.62 Å². The Kier molecular flexibility index (Phi) is 7.89. The maximum Gasteiger partial charge on any atom is 0.246 e. The molecule has 1 heterocycles. The maximum absolute atomic E-state index is 13.0. The lowest BCUT2D eigenvalue weighted by Gasteiger charge is -2.26. The maximum atomic E-state index is 13.0. The number of carbonyl (C=O) groups is 1. The molecule has 0 radical (unpaired) electrons. The summed E-state index contributed by atoms with van der Waals surface area (Å²) in [6.45, 7) is 3.96. The Hall–Kier alpha value is -2.62. The average Bonchev–Trinajstić information content (AvgIpc) is 2.77. The van der Waals surface area contributed by atoms with Crippen LogP contribution >= 0.6 is 0 Å². The number of hydrogen-bond acceptors (Lipinski definition) is 6. The fourth-order valence-electron chi connectivity index (χ4n) is 3.27. The number of rotatable bonds is 9. The van der Waals surface area contributed by atoms with E-state index in [4.69, 9.17) is 14.2 Å². The van der Waals surface area contributed by atoms with Gasteiger partial charge in [0.1, 0.15) is 23.0 Å². The predicted octanol–water partition coefficient (Wildman–Crippen LogP) is 1.76. The number of amides is 1. The van der Waals surface area contributed by atoms with Crippen molar-refractivity contribution in [3.63, 3.8) is 0 Å². The van der Waals surface area contributed by atoms with Crippen LogP contribution < -0.4 is 14.8 Å². The number of nitrogens with one attached hydrogen (secondary N) is 1. The van der Waals surface area contributed by atoms with E-state index in [9.17, 15) is 13.2 Å². The Morgan fingerprint density at radius 2 is 1.94 bits per heavy atom.